The molecule has 3 rings (SSSR count). The molecule has 0 spiro atoms. The molecule has 3 heterocycles. The summed E-state index contributed by atoms with van der Waals surface area (Å²) in [6.07, 6.45) is 1.69. The van der Waals surface area contributed by atoms with E-state index in [-0.39, 0.29) is 11.6 Å². The molecule has 1 saturated heterocycles. The SMILES string of the molecule is O=C(c1cc(-c2ccco2)on1)N1CC[C@@H](O)C1. The highest BCUT2D eigenvalue weighted by atomic mass is 16.5. The lowest BCUT2D eigenvalue weighted by Crippen LogP contribution is -2.29. The Morgan fingerprint density at radius 3 is 3.06 bits per heavy atom. The van der Waals surface area contributed by atoms with Crippen LogP contribution < -0.4 is 0 Å². The van der Waals surface area contributed by atoms with E-state index >= 15 is 0 Å². The second-order valence-electron chi connectivity index (χ2n) is 4.25. The molecule has 94 valence electrons. The van der Waals surface area contributed by atoms with Crippen molar-refractivity contribution in [3.8, 4) is 11.5 Å². The predicted octanol–water partition coefficient (Wildman–Crippen LogP) is 1.14. The summed E-state index contributed by atoms with van der Waals surface area (Å²) < 4.78 is 10.2. The van der Waals surface area contributed by atoms with E-state index in [9.17, 15) is 9.90 Å². The van der Waals surface area contributed by atoms with E-state index in [1.165, 1.54) is 6.26 Å². The van der Waals surface area contributed by atoms with Crippen LogP contribution >= 0.6 is 0 Å². The number of aliphatic hydroxyl groups is 1. The number of aliphatic hydroxyl groups excluding tert-OH is 1. The Bertz CT molecular complexity index is 546. The fourth-order valence-corrected chi connectivity index (χ4v) is 2.00. The normalized spacial score (nSPS) is 19.4. The zero-order valence-corrected chi connectivity index (χ0v) is 9.57. The number of rotatable bonds is 2. The standard InChI is InChI=1S/C12H12N2O4/c15-8-3-4-14(7-8)12(16)9-6-11(18-13-9)10-2-1-5-17-10/h1-2,5-6,8,15H,3-4,7H2/t8-/m1/s1. The minimum Gasteiger partial charge on any atom is -0.461 e. The summed E-state index contributed by atoms with van der Waals surface area (Å²) in [5, 5.41) is 13.1. The number of hydrogen-bond acceptors (Lipinski definition) is 5. The van der Waals surface area contributed by atoms with Gasteiger partial charge in [0.1, 0.15) is 0 Å². The van der Waals surface area contributed by atoms with Crippen molar-refractivity contribution in [1.82, 2.24) is 10.1 Å². The number of hydrogen-bond donors (Lipinski definition) is 1. The van der Waals surface area contributed by atoms with Crippen molar-refractivity contribution in [1.29, 1.82) is 0 Å². The molecule has 1 fully saturated rings. The Morgan fingerprint density at radius 1 is 1.50 bits per heavy atom. The van der Waals surface area contributed by atoms with Crippen molar-refractivity contribution >= 4 is 5.91 Å². The molecule has 1 aliphatic rings. The van der Waals surface area contributed by atoms with Gasteiger partial charge < -0.3 is 18.9 Å². The van der Waals surface area contributed by atoms with Crippen molar-refractivity contribution < 1.29 is 18.8 Å². The molecule has 1 atom stereocenters. The van der Waals surface area contributed by atoms with Crippen molar-refractivity contribution in [3.05, 3.63) is 30.2 Å². The zero-order valence-electron chi connectivity index (χ0n) is 9.57. The van der Waals surface area contributed by atoms with Crippen molar-refractivity contribution in [2.24, 2.45) is 0 Å². The molecule has 2 aromatic heterocycles. The summed E-state index contributed by atoms with van der Waals surface area (Å²) in [7, 11) is 0. The van der Waals surface area contributed by atoms with E-state index in [0.29, 0.717) is 31.0 Å². The van der Waals surface area contributed by atoms with E-state index < -0.39 is 6.10 Å². The maximum atomic E-state index is 12.0. The molecule has 2 aromatic rings. The van der Waals surface area contributed by atoms with Gasteiger partial charge in [-0.25, -0.2) is 0 Å². The van der Waals surface area contributed by atoms with Gasteiger partial charge in [0.2, 0.25) is 5.76 Å². The van der Waals surface area contributed by atoms with Gasteiger partial charge in [0.25, 0.3) is 5.91 Å². The van der Waals surface area contributed by atoms with Crippen LogP contribution in [0.1, 0.15) is 16.9 Å². The summed E-state index contributed by atoms with van der Waals surface area (Å²) in [5.74, 6) is 0.721. The van der Waals surface area contributed by atoms with Gasteiger partial charge in [0.05, 0.1) is 12.4 Å². The molecule has 0 radical (unpaired) electrons. The van der Waals surface area contributed by atoms with Gasteiger partial charge in [0.15, 0.2) is 11.5 Å². The zero-order chi connectivity index (χ0) is 12.5. The first-order valence-electron chi connectivity index (χ1n) is 5.72. The Kier molecular flexibility index (Phi) is 2.64. The molecule has 0 aromatic carbocycles. The average molecular weight is 248 g/mol. The molecule has 0 unspecified atom stereocenters. The molecule has 1 N–H and O–H groups in total. The second-order valence-corrected chi connectivity index (χ2v) is 4.25. The molecular weight excluding hydrogens is 236 g/mol. The summed E-state index contributed by atoms with van der Waals surface area (Å²) in [6.45, 7) is 0.894. The average Bonchev–Trinajstić information content (AvgIpc) is 3.09. The van der Waals surface area contributed by atoms with Crippen LogP contribution in [0.5, 0.6) is 0 Å². The van der Waals surface area contributed by atoms with Crippen LogP contribution in [0.2, 0.25) is 0 Å². The number of carbonyl (C=O) groups excluding carboxylic acids is 1. The monoisotopic (exact) mass is 248 g/mol. The first-order chi connectivity index (χ1) is 8.74. The molecular formula is C12H12N2O4. The molecule has 0 saturated carbocycles. The topological polar surface area (TPSA) is 79.7 Å². The van der Waals surface area contributed by atoms with Crippen LogP contribution in [-0.4, -0.2) is 40.3 Å². The van der Waals surface area contributed by atoms with Crippen LogP contribution in [0.4, 0.5) is 0 Å². The number of nitrogens with zero attached hydrogens (tertiary/aromatic N) is 2. The van der Waals surface area contributed by atoms with Gasteiger partial charge in [-0.2, -0.15) is 0 Å². The molecule has 18 heavy (non-hydrogen) atoms. The smallest absolute Gasteiger partial charge is 0.276 e. The Hall–Kier alpha value is -2.08. The minimum absolute atomic E-state index is 0.229. The summed E-state index contributed by atoms with van der Waals surface area (Å²) >= 11 is 0. The fraction of sp³-hybridized carbons (Fsp3) is 0.333. The molecule has 0 bridgehead atoms. The number of likely N-dealkylation sites (tertiary alicyclic amines) is 1. The second kappa shape index (κ2) is 4.30. The molecule has 1 amide bonds. The van der Waals surface area contributed by atoms with E-state index in [0.717, 1.165) is 0 Å². The number of furan rings is 1. The van der Waals surface area contributed by atoms with E-state index in [2.05, 4.69) is 5.16 Å². The van der Waals surface area contributed by atoms with E-state index in [1.807, 2.05) is 0 Å². The lowest BCUT2D eigenvalue weighted by Gasteiger charge is -2.12. The van der Waals surface area contributed by atoms with Crippen LogP contribution in [0.25, 0.3) is 11.5 Å². The Labute approximate surface area is 103 Å². The summed E-state index contributed by atoms with van der Waals surface area (Å²) in [5.41, 5.74) is 0.232. The highest BCUT2D eigenvalue weighted by molar-refractivity contribution is 5.93. The van der Waals surface area contributed by atoms with Gasteiger partial charge in [-0.1, -0.05) is 5.16 Å². The lowest BCUT2D eigenvalue weighted by atomic mass is 10.3. The van der Waals surface area contributed by atoms with Crippen LogP contribution in [0.3, 0.4) is 0 Å². The van der Waals surface area contributed by atoms with Crippen LogP contribution in [0.15, 0.2) is 33.4 Å². The van der Waals surface area contributed by atoms with Gasteiger partial charge >= 0.3 is 0 Å². The molecule has 6 heteroatoms. The van der Waals surface area contributed by atoms with Crippen LogP contribution in [-0.2, 0) is 0 Å². The molecule has 1 aliphatic heterocycles. The number of aromatic nitrogens is 1. The fourth-order valence-electron chi connectivity index (χ4n) is 2.00. The summed E-state index contributed by atoms with van der Waals surface area (Å²) in [4.78, 5) is 13.6. The van der Waals surface area contributed by atoms with Crippen molar-refractivity contribution in [2.45, 2.75) is 12.5 Å². The lowest BCUT2D eigenvalue weighted by molar-refractivity contribution is 0.0755. The first-order valence-corrected chi connectivity index (χ1v) is 5.72. The quantitative estimate of drug-likeness (QED) is 0.862. The number of amides is 1. The van der Waals surface area contributed by atoms with Crippen molar-refractivity contribution in [2.75, 3.05) is 13.1 Å². The third-order valence-electron chi connectivity index (χ3n) is 2.94. The van der Waals surface area contributed by atoms with Gasteiger partial charge in [-0.15, -0.1) is 0 Å². The van der Waals surface area contributed by atoms with Crippen LogP contribution in [0, 0.1) is 0 Å². The Morgan fingerprint density at radius 2 is 2.39 bits per heavy atom. The third-order valence-corrected chi connectivity index (χ3v) is 2.94. The number of β-amino-alcohol motifs (C(OH)–C–C–N with tert-alkyl or cyclic N) is 1. The largest absolute Gasteiger partial charge is 0.461 e. The maximum Gasteiger partial charge on any atom is 0.276 e. The first kappa shape index (κ1) is 11.0. The molecule has 0 aliphatic carbocycles. The highest BCUT2D eigenvalue weighted by Crippen LogP contribution is 2.22. The van der Waals surface area contributed by atoms with Gasteiger partial charge in [-0.05, 0) is 18.6 Å². The third kappa shape index (κ3) is 1.91. The van der Waals surface area contributed by atoms with Gasteiger partial charge in [0, 0.05) is 19.2 Å². The highest BCUT2D eigenvalue weighted by Gasteiger charge is 2.27. The Balaban J connectivity index is 1.79. The minimum atomic E-state index is -0.439. The van der Waals surface area contributed by atoms with Crippen molar-refractivity contribution in [3.63, 3.8) is 0 Å². The van der Waals surface area contributed by atoms with E-state index in [1.54, 1.807) is 23.1 Å². The summed E-state index contributed by atoms with van der Waals surface area (Å²) in [6, 6.07) is 5.01. The molecule has 6 nitrogen and oxygen atoms in total. The maximum absolute atomic E-state index is 12.0. The van der Waals surface area contributed by atoms with Gasteiger partial charge in [-0.3, -0.25) is 4.79 Å². The number of carbonyl (C=O) groups is 1. The van der Waals surface area contributed by atoms with E-state index in [4.69, 9.17) is 8.94 Å². The predicted molar refractivity (Wildman–Crippen MR) is 60.7 cm³/mol.